The molecule has 0 bridgehead atoms. The zero-order valence-corrected chi connectivity index (χ0v) is 13.8. The van der Waals surface area contributed by atoms with Crippen LogP contribution >= 0.6 is 0 Å². The Morgan fingerprint density at radius 3 is 2.50 bits per heavy atom. The van der Waals surface area contributed by atoms with Gasteiger partial charge in [-0.15, -0.1) is 10.2 Å². The van der Waals surface area contributed by atoms with Gasteiger partial charge in [-0.3, -0.25) is 9.36 Å². The molecule has 0 spiro atoms. The maximum Gasteiger partial charge on any atom is 0.258 e. The zero-order valence-electron chi connectivity index (χ0n) is 13.8. The third-order valence-electron chi connectivity index (χ3n) is 3.96. The van der Waals surface area contributed by atoms with Crippen LogP contribution in [0.5, 0.6) is 0 Å². The summed E-state index contributed by atoms with van der Waals surface area (Å²) in [6.07, 6.45) is 6.31. The minimum Gasteiger partial charge on any atom is -0.307 e. The summed E-state index contributed by atoms with van der Waals surface area (Å²) in [6.45, 7) is 6.31. The number of carbonyl (C=O) groups excluding carboxylic acids is 1. The van der Waals surface area contributed by atoms with Crippen LogP contribution in [-0.2, 0) is 0 Å². The van der Waals surface area contributed by atoms with E-state index < -0.39 is 0 Å². The molecule has 0 aliphatic heterocycles. The number of carbonyl (C=O) groups is 1. The van der Waals surface area contributed by atoms with E-state index in [0.29, 0.717) is 23.1 Å². The van der Waals surface area contributed by atoms with Crippen molar-refractivity contribution in [2.75, 3.05) is 5.32 Å². The van der Waals surface area contributed by atoms with Crippen molar-refractivity contribution in [2.24, 2.45) is 5.92 Å². The van der Waals surface area contributed by atoms with Crippen LogP contribution in [0.4, 0.5) is 5.82 Å². The average Bonchev–Trinajstić information content (AvgIpc) is 3.26. The Labute approximate surface area is 139 Å². The molecule has 1 N–H and O–H groups in total. The molecule has 3 rings (SSSR count). The van der Waals surface area contributed by atoms with E-state index in [2.05, 4.69) is 46.4 Å². The molecule has 0 aromatic carbocycles. The molecule has 3 aromatic heterocycles. The number of hydrogen-bond acceptors (Lipinski definition) is 5. The van der Waals surface area contributed by atoms with Gasteiger partial charge in [-0.05, 0) is 25.0 Å². The molecule has 8 heteroatoms. The van der Waals surface area contributed by atoms with Crippen LogP contribution in [-0.4, -0.2) is 35.4 Å². The second-order valence-corrected chi connectivity index (χ2v) is 5.87. The van der Waals surface area contributed by atoms with E-state index >= 15 is 0 Å². The highest BCUT2D eigenvalue weighted by atomic mass is 16.1. The summed E-state index contributed by atoms with van der Waals surface area (Å²) in [7, 11) is 0. The third-order valence-corrected chi connectivity index (χ3v) is 3.96. The van der Waals surface area contributed by atoms with Crippen molar-refractivity contribution >= 4 is 11.7 Å². The summed E-state index contributed by atoms with van der Waals surface area (Å²) >= 11 is 0. The molecule has 124 valence electrons. The summed E-state index contributed by atoms with van der Waals surface area (Å²) < 4.78 is 3.49. The molecule has 1 unspecified atom stereocenters. The van der Waals surface area contributed by atoms with E-state index in [1.807, 2.05) is 4.68 Å². The number of anilines is 1. The van der Waals surface area contributed by atoms with Crippen molar-refractivity contribution in [3.63, 3.8) is 0 Å². The molecular formula is C16H19N7O. The molecule has 0 saturated heterocycles. The maximum absolute atomic E-state index is 12.4. The first-order valence-corrected chi connectivity index (χ1v) is 7.72. The van der Waals surface area contributed by atoms with Crippen molar-refractivity contribution in [3.05, 3.63) is 48.8 Å². The van der Waals surface area contributed by atoms with Gasteiger partial charge in [0.05, 0.1) is 17.8 Å². The van der Waals surface area contributed by atoms with Crippen molar-refractivity contribution < 1.29 is 4.79 Å². The summed E-state index contributed by atoms with van der Waals surface area (Å²) in [6, 6.07) is 5.43. The summed E-state index contributed by atoms with van der Waals surface area (Å²) in [5.41, 5.74) is 0.469. The number of aromatic nitrogens is 6. The van der Waals surface area contributed by atoms with Gasteiger partial charge >= 0.3 is 0 Å². The van der Waals surface area contributed by atoms with Crippen LogP contribution in [0, 0.1) is 5.92 Å². The van der Waals surface area contributed by atoms with Gasteiger partial charge in [0.2, 0.25) is 0 Å². The normalized spacial score (nSPS) is 12.3. The van der Waals surface area contributed by atoms with Crippen molar-refractivity contribution in [1.82, 2.24) is 29.5 Å². The molecular weight excluding hydrogens is 306 g/mol. The molecule has 3 aromatic rings. The fourth-order valence-electron chi connectivity index (χ4n) is 2.20. The lowest BCUT2D eigenvalue weighted by Gasteiger charge is -2.19. The number of hydrogen-bond donors (Lipinski definition) is 1. The number of amides is 1. The molecule has 24 heavy (non-hydrogen) atoms. The molecule has 0 radical (unpaired) electrons. The Hall–Kier alpha value is -3.03. The smallest absolute Gasteiger partial charge is 0.258 e. The van der Waals surface area contributed by atoms with Crippen LogP contribution < -0.4 is 5.32 Å². The van der Waals surface area contributed by atoms with E-state index in [0.717, 1.165) is 0 Å². The first-order chi connectivity index (χ1) is 11.6. The molecule has 8 nitrogen and oxygen atoms in total. The molecule has 0 fully saturated rings. The Morgan fingerprint density at radius 2 is 1.88 bits per heavy atom. The van der Waals surface area contributed by atoms with Crippen LogP contribution in [0.15, 0.2) is 43.2 Å². The number of nitrogens with zero attached hydrogens (tertiary/aromatic N) is 6. The highest BCUT2D eigenvalue weighted by Crippen LogP contribution is 2.21. The third kappa shape index (κ3) is 3.17. The van der Waals surface area contributed by atoms with E-state index in [4.69, 9.17) is 0 Å². The van der Waals surface area contributed by atoms with Crippen molar-refractivity contribution in [3.8, 4) is 5.82 Å². The number of nitrogens with one attached hydrogen (secondary N) is 1. The average molecular weight is 325 g/mol. The van der Waals surface area contributed by atoms with Crippen LogP contribution in [0.2, 0.25) is 0 Å². The second-order valence-electron chi connectivity index (χ2n) is 5.87. The molecule has 0 aliphatic rings. The monoisotopic (exact) mass is 325 g/mol. The lowest BCUT2D eigenvalue weighted by Crippen LogP contribution is -2.20. The van der Waals surface area contributed by atoms with E-state index in [1.54, 1.807) is 41.6 Å². The number of rotatable bonds is 5. The summed E-state index contributed by atoms with van der Waals surface area (Å²) in [4.78, 5) is 16.7. The second kappa shape index (κ2) is 6.61. The Bertz CT molecular complexity index is 805. The van der Waals surface area contributed by atoms with Gasteiger partial charge in [0.25, 0.3) is 5.91 Å². The predicted molar refractivity (Wildman–Crippen MR) is 88.9 cm³/mol. The summed E-state index contributed by atoms with van der Waals surface area (Å²) in [5, 5.41) is 14.6. The van der Waals surface area contributed by atoms with Gasteiger partial charge in [-0.1, -0.05) is 13.8 Å². The molecule has 1 atom stereocenters. The topological polar surface area (TPSA) is 90.5 Å². The van der Waals surface area contributed by atoms with Crippen molar-refractivity contribution in [2.45, 2.75) is 26.8 Å². The van der Waals surface area contributed by atoms with Gasteiger partial charge in [-0.25, -0.2) is 9.67 Å². The van der Waals surface area contributed by atoms with Gasteiger partial charge < -0.3 is 5.32 Å². The fourth-order valence-corrected chi connectivity index (χ4v) is 2.20. The maximum atomic E-state index is 12.4. The SMILES string of the molecule is CC(C)C(C)n1nccc1NC(=O)c1ccc(-n2cnnc2)nc1. The van der Waals surface area contributed by atoms with Gasteiger partial charge in [-0.2, -0.15) is 5.10 Å². The highest BCUT2D eigenvalue weighted by molar-refractivity contribution is 6.03. The molecule has 0 aliphatic carbocycles. The van der Waals surface area contributed by atoms with Gasteiger partial charge in [0, 0.05) is 12.3 Å². The van der Waals surface area contributed by atoms with Gasteiger partial charge in [0.1, 0.15) is 24.3 Å². The fraction of sp³-hybridized carbons (Fsp3) is 0.312. The quantitative estimate of drug-likeness (QED) is 0.777. The molecule has 1 amide bonds. The Balaban J connectivity index is 1.75. The minimum atomic E-state index is -0.226. The van der Waals surface area contributed by atoms with E-state index in [9.17, 15) is 4.79 Å². The van der Waals surface area contributed by atoms with E-state index in [-0.39, 0.29) is 11.9 Å². The number of pyridine rings is 1. The Morgan fingerprint density at radius 1 is 1.12 bits per heavy atom. The minimum absolute atomic E-state index is 0.185. The van der Waals surface area contributed by atoms with Crippen LogP contribution in [0.1, 0.15) is 37.2 Å². The molecule has 3 heterocycles. The predicted octanol–water partition coefficient (Wildman–Crippen LogP) is 2.33. The first-order valence-electron chi connectivity index (χ1n) is 7.72. The zero-order chi connectivity index (χ0) is 17.1. The van der Waals surface area contributed by atoms with Crippen molar-refractivity contribution in [1.29, 1.82) is 0 Å². The van der Waals surface area contributed by atoms with E-state index in [1.165, 1.54) is 6.20 Å². The van der Waals surface area contributed by atoms with Crippen LogP contribution in [0.3, 0.4) is 0 Å². The standard InChI is InChI=1S/C16H19N7O/c1-11(2)12(3)23-15(6-7-20-23)21-16(24)13-4-5-14(17-8-13)22-9-18-19-10-22/h4-12H,1-3H3,(H,21,24). The Kier molecular flexibility index (Phi) is 4.37. The van der Waals surface area contributed by atoms with Gasteiger partial charge in [0.15, 0.2) is 0 Å². The highest BCUT2D eigenvalue weighted by Gasteiger charge is 2.16. The summed E-state index contributed by atoms with van der Waals surface area (Å²) in [5.74, 6) is 1.50. The first kappa shape index (κ1) is 15.9. The largest absolute Gasteiger partial charge is 0.307 e. The van der Waals surface area contributed by atoms with Crippen LogP contribution in [0.25, 0.3) is 5.82 Å². The lowest BCUT2D eigenvalue weighted by molar-refractivity contribution is 0.102. The molecule has 0 saturated carbocycles. The lowest BCUT2D eigenvalue weighted by atomic mass is 10.1.